The Kier molecular flexibility index (Phi) is 17.5. The summed E-state index contributed by atoms with van der Waals surface area (Å²) in [6, 6.07) is 34.7. The first-order valence-corrected chi connectivity index (χ1v) is 34.6. The number of ether oxygens (including phenoxy) is 5. The number of fused-ring (bicyclic) bond motifs is 2. The number of methoxy groups -OCH3 is 2. The van der Waals surface area contributed by atoms with E-state index in [0.717, 1.165) is 16.7 Å². The molecule has 1 amide bonds. The van der Waals surface area contributed by atoms with Crippen LogP contribution in [0.4, 0.5) is 11.8 Å². The molecule has 0 spiro atoms. The van der Waals surface area contributed by atoms with Crippen LogP contribution in [0.3, 0.4) is 0 Å². The van der Waals surface area contributed by atoms with Crippen LogP contribution in [-0.2, 0) is 33.3 Å². The molecule has 20 nitrogen and oxygen atoms in total. The van der Waals surface area contributed by atoms with E-state index in [2.05, 4.69) is 110 Å². The van der Waals surface area contributed by atoms with Crippen molar-refractivity contribution in [2.24, 2.45) is 5.92 Å². The van der Waals surface area contributed by atoms with Crippen molar-refractivity contribution in [3.05, 3.63) is 161 Å². The zero-order valence-electron chi connectivity index (χ0n) is 47.8. The van der Waals surface area contributed by atoms with Crippen LogP contribution in [-0.4, -0.2) is 133 Å². The fourth-order valence-electron chi connectivity index (χ4n) is 10.0. The van der Waals surface area contributed by atoms with Gasteiger partial charge in [0.25, 0.3) is 0 Å². The van der Waals surface area contributed by atoms with E-state index in [0.29, 0.717) is 65.1 Å². The fourth-order valence-corrected chi connectivity index (χ4v) is 13.7. The minimum absolute atomic E-state index is 0.0336. The first-order valence-electron chi connectivity index (χ1n) is 27.4. The second kappa shape index (κ2) is 24.4. The van der Waals surface area contributed by atoms with E-state index in [4.69, 9.17) is 42.1 Å². The molecule has 0 bridgehead atoms. The number of imidazole rings is 2. The molecule has 3 N–H and O–H groups in total. The Morgan fingerprint density at radius 2 is 1.33 bits per heavy atom. The fraction of sp³-hybridized carbons (Fsp3) is 0.407. The molecule has 432 valence electrons. The van der Waals surface area contributed by atoms with E-state index in [1.165, 1.54) is 6.33 Å². The quantitative estimate of drug-likeness (QED) is 0.0326. The summed E-state index contributed by atoms with van der Waals surface area (Å²) in [6.07, 6.45) is 1.94. The summed E-state index contributed by atoms with van der Waals surface area (Å²) in [7, 11) is 0.904. The number of carbonyl (C=O) groups is 1. The Morgan fingerprint density at radius 3 is 1.93 bits per heavy atom. The van der Waals surface area contributed by atoms with Gasteiger partial charge in [-0.1, -0.05) is 32.0 Å². The Bertz CT molecular complexity index is 3560. The normalized spacial score (nSPS) is 20.3. The van der Waals surface area contributed by atoms with Crippen LogP contribution in [0.15, 0.2) is 133 Å². The molecule has 4 aromatic carbocycles. The number of hydrogen-bond donors (Lipinski definition) is 3. The van der Waals surface area contributed by atoms with E-state index in [9.17, 15) is 9.59 Å². The van der Waals surface area contributed by atoms with Crippen LogP contribution in [0.2, 0.25) is 18.1 Å². The molecule has 2 aliphatic rings. The molecule has 1 unspecified atom stereocenters. The Balaban J connectivity index is 0.960. The summed E-state index contributed by atoms with van der Waals surface area (Å²) in [5.74, 6) is -0.902. The molecule has 7 atom stereocenters. The van der Waals surface area contributed by atoms with Crippen LogP contribution < -0.4 is 25.7 Å². The van der Waals surface area contributed by atoms with Gasteiger partial charge in [-0.25, -0.2) is 0 Å². The molecular weight excluding hydrogens is 1150 g/mol. The van der Waals surface area contributed by atoms with Crippen LogP contribution >= 0.6 is 5.96 Å². The van der Waals surface area contributed by atoms with Crippen molar-refractivity contribution in [3.63, 3.8) is 0 Å². The molecule has 8 aromatic rings. The first kappa shape index (κ1) is 58.8. The summed E-state index contributed by atoms with van der Waals surface area (Å²) in [5.41, 5.74) is 2.97. The molecule has 0 aliphatic carbocycles. The number of hydrogen-bond acceptors (Lipinski definition) is 16. The van der Waals surface area contributed by atoms with E-state index in [1.807, 2.05) is 84.0 Å². The van der Waals surface area contributed by atoms with Crippen molar-refractivity contribution in [1.29, 1.82) is 0 Å². The molecule has 2 fully saturated rings. The van der Waals surface area contributed by atoms with Crippen LogP contribution in [0.25, 0.3) is 22.3 Å². The Hall–Kier alpha value is -6.42. The summed E-state index contributed by atoms with van der Waals surface area (Å²) in [5, 5.41) is 6.06. The van der Waals surface area contributed by atoms with Crippen molar-refractivity contribution in [3.8, 4) is 11.5 Å². The molecule has 82 heavy (non-hydrogen) atoms. The number of benzene rings is 4. The van der Waals surface area contributed by atoms with Gasteiger partial charge in [0.05, 0.1) is 14.2 Å². The zero-order chi connectivity index (χ0) is 58.0. The van der Waals surface area contributed by atoms with Gasteiger partial charge in [0.2, 0.25) is 0 Å². The van der Waals surface area contributed by atoms with Gasteiger partial charge in [0, 0.05) is 5.56 Å². The minimum atomic E-state index is -2.90. The number of nitrogens with zero attached hydrogens (tertiary/aromatic N) is 7. The van der Waals surface area contributed by atoms with Crippen LogP contribution in [0.1, 0.15) is 87.0 Å². The van der Waals surface area contributed by atoms with Gasteiger partial charge in [-0.2, -0.15) is 0 Å². The second-order valence-electron chi connectivity index (χ2n) is 22.6. The third-order valence-corrected chi connectivity index (χ3v) is 22.4. The molecule has 0 saturated carbocycles. The average Bonchev–Trinajstić information content (AvgIpc) is 4.42. The predicted molar refractivity (Wildman–Crippen MR) is 318 cm³/mol. The van der Waals surface area contributed by atoms with Crippen LogP contribution in [0.5, 0.6) is 11.5 Å². The van der Waals surface area contributed by atoms with Gasteiger partial charge >= 0.3 is 419 Å². The van der Waals surface area contributed by atoms with Crippen molar-refractivity contribution < 1.29 is 42.0 Å². The summed E-state index contributed by atoms with van der Waals surface area (Å²) < 4.78 is 57.7. The van der Waals surface area contributed by atoms with E-state index < -0.39 is 50.6 Å². The molecule has 0 radical (unpaired) electrons. The van der Waals surface area contributed by atoms with Crippen molar-refractivity contribution >= 4 is 69.4 Å². The van der Waals surface area contributed by atoms with Crippen LogP contribution in [0, 0.1) is 5.92 Å². The summed E-state index contributed by atoms with van der Waals surface area (Å²) in [4.78, 5) is 52.6. The van der Waals surface area contributed by atoms with Gasteiger partial charge in [-0.05, 0) is 12.1 Å². The predicted octanol–water partition coefficient (Wildman–Crippen LogP) is 10.2. The van der Waals surface area contributed by atoms with Gasteiger partial charge < -0.3 is 0 Å². The molecule has 2 saturated heterocycles. The number of nitrogens with one attached hydrogen (secondary N) is 3. The van der Waals surface area contributed by atoms with Gasteiger partial charge in [0.1, 0.15) is 0 Å². The zero-order valence-corrected chi connectivity index (χ0v) is 51.4. The maximum atomic E-state index is 13.5. The number of carbonyl (C=O) groups excluding carboxylic acids is 1. The van der Waals surface area contributed by atoms with Crippen molar-refractivity contribution in [1.82, 2.24) is 39.0 Å². The topological polar surface area (TPSA) is 222 Å². The molecule has 2 aliphatic heterocycles. The van der Waals surface area contributed by atoms with E-state index in [-0.39, 0.29) is 47.2 Å². The standard InChI is InChI=1S/C59H71N10O10PSeSi/c1-37(2)31-60-57-66-54-51(56(71)67-57)64-36-69(54)48-29-44(46(76-48)32-74-59(39-19-15-12-16-20-39,40-21-25-42(72-6)26-22-40)41-23-27-43(73-7)28-24-41)78-80(8,81)75-33-47-45(79-82(9,10)58(3,4)5)30-49(77-47)68-35-63-50-52(61-34-62-53(50)68)65-55(70)38-17-13-11-14-18-38/h11-28,34-37,44-49H,29-33H2,1-10H3,(H2,60,66,67,71)(H,61,62,65,70)/t44-,45-,46+,47+,48+,49+,80?/m0/s1. The molecular formula is C59H71N10O10PSeSi. The first-order chi connectivity index (χ1) is 39.3. The van der Waals surface area contributed by atoms with Gasteiger partial charge in [-0.15, -0.1) is 0 Å². The molecule has 6 heterocycles. The van der Waals surface area contributed by atoms with Gasteiger partial charge in [-0.3, -0.25) is 4.79 Å². The molecule has 10 rings (SSSR count). The molecule has 4 aromatic heterocycles. The Morgan fingerprint density at radius 1 is 0.768 bits per heavy atom. The van der Waals surface area contributed by atoms with Gasteiger partial charge in [0.15, 0.2) is 0 Å². The van der Waals surface area contributed by atoms with Crippen molar-refractivity contribution in [2.45, 2.75) is 108 Å². The number of rotatable bonds is 22. The third-order valence-electron chi connectivity index (χ3n) is 15.4. The number of aromatic nitrogens is 8. The summed E-state index contributed by atoms with van der Waals surface area (Å²) >= 11 is 3.30. The Labute approximate surface area is 485 Å². The van der Waals surface area contributed by atoms with Crippen molar-refractivity contribution in [2.75, 3.05) is 51.3 Å². The second-order valence-corrected chi connectivity index (χ2v) is 33.5. The number of aromatic amines is 1. The SMILES string of the molecule is COc1ccc(C(OC[C@H]2O[C@@H](n3cnc4c(=O)[nH]c(NCC(C)C)nc43)C[C@@H]2OP(C)(=[Se])OC[C@H]2O[C@@H](n3cnc4c(NC(=O)c5ccccc5)ncnc43)C[C@@H]2O[Si](C)(C)C(C)(C)C)(c2ccccc2)c2ccc(OC)cc2)cc1. The van der Waals surface area contributed by atoms with E-state index >= 15 is 0 Å². The average molecular weight is 1220 g/mol. The maximum absolute atomic E-state index is 13.5. The number of amides is 1. The summed E-state index contributed by atoms with van der Waals surface area (Å²) in [6.45, 7) is 17.9. The third kappa shape index (κ3) is 12.6. The molecule has 23 heteroatoms. The monoisotopic (exact) mass is 1220 g/mol. The van der Waals surface area contributed by atoms with E-state index in [1.54, 1.807) is 55.7 Å². The number of anilines is 2. The number of H-pyrrole nitrogens is 1.